The Hall–Kier alpha value is -3.45. The van der Waals surface area contributed by atoms with Crippen molar-refractivity contribution in [2.75, 3.05) is 16.0 Å². The third-order valence-corrected chi connectivity index (χ3v) is 4.06. The number of amides is 2. The van der Waals surface area contributed by atoms with E-state index in [4.69, 9.17) is 11.6 Å². The van der Waals surface area contributed by atoms with Gasteiger partial charge in [0.2, 0.25) is 5.91 Å². The Bertz CT molecular complexity index is 1000. The molecule has 0 saturated heterocycles. The maximum Gasteiger partial charge on any atom is 0.276 e. The summed E-state index contributed by atoms with van der Waals surface area (Å²) in [4.78, 5) is 23.4. The molecule has 1 heterocycles. The number of nitrogens with zero attached hydrogens (tertiary/aromatic N) is 2. The van der Waals surface area contributed by atoms with Gasteiger partial charge in [0.15, 0.2) is 11.5 Å². The molecule has 7 nitrogen and oxygen atoms in total. The van der Waals surface area contributed by atoms with Crippen molar-refractivity contribution in [1.29, 1.82) is 0 Å². The molecule has 142 valence electrons. The lowest BCUT2D eigenvalue weighted by atomic mass is 10.2. The second kappa shape index (κ2) is 8.49. The quantitative estimate of drug-likeness (QED) is 0.595. The van der Waals surface area contributed by atoms with Crippen molar-refractivity contribution < 1.29 is 9.59 Å². The van der Waals surface area contributed by atoms with Gasteiger partial charge in [-0.1, -0.05) is 17.7 Å². The summed E-state index contributed by atoms with van der Waals surface area (Å²) in [6, 6.07) is 15.5. The molecule has 2 amide bonds. The number of aromatic nitrogens is 2. The molecule has 8 heteroatoms. The van der Waals surface area contributed by atoms with E-state index in [1.807, 2.05) is 19.1 Å². The Labute approximate surface area is 167 Å². The van der Waals surface area contributed by atoms with Gasteiger partial charge >= 0.3 is 0 Å². The van der Waals surface area contributed by atoms with Crippen molar-refractivity contribution in [3.63, 3.8) is 0 Å². The summed E-state index contributed by atoms with van der Waals surface area (Å²) in [5.74, 6) is -0.0411. The van der Waals surface area contributed by atoms with Crippen molar-refractivity contribution in [1.82, 2.24) is 10.2 Å². The molecule has 1 aromatic heterocycles. The normalized spacial score (nSPS) is 10.2. The van der Waals surface area contributed by atoms with E-state index in [2.05, 4.69) is 26.1 Å². The molecule has 0 spiro atoms. The first-order valence-electron chi connectivity index (χ1n) is 8.46. The van der Waals surface area contributed by atoms with Gasteiger partial charge in [-0.2, -0.15) is 0 Å². The lowest BCUT2D eigenvalue weighted by Crippen LogP contribution is -2.14. The summed E-state index contributed by atoms with van der Waals surface area (Å²) in [6.45, 7) is 3.38. The van der Waals surface area contributed by atoms with E-state index in [9.17, 15) is 9.59 Å². The molecule has 28 heavy (non-hydrogen) atoms. The standard InChI is InChI=1S/C20H18ClN5O2/c1-12-3-4-14(21)11-18(12)24-19-10-9-17(25-26-19)20(28)23-16-7-5-15(6-8-16)22-13(2)27/h3-11H,1-2H3,(H,22,27)(H,23,28)(H,24,26). The average molecular weight is 396 g/mol. The van der Waals surface area contributed by atoms with E-state index in [0.717, 1.165) is 11.3 Å². The van der Waals surface area contributed by atoms with Gasteiger partial charge in [-0.15, -0.1) is 10.2 Å². The van der Waals surface area contributed by atoms with Crippen molar-refractivity contribution >= 4 is 46.3 Å². The van der Waals surface area contributed by atoms with Crippen LogP contribution >= 0.6 is 11.6 Å². The fourth-order valence-corrected chi connectivity index (χ4v) is 2.59. The minimum absolute atomic E-state index is 0.159. The third kappa shape index (κ3) is 5.05. The summed E-state index contributed by atoms with van der Waals surface area (Å²) in [5.41, 5.74) is 3.24. The maximum atomic E-state index is 12.3. The smallest absolute Gasteiger partial charge is 0.276 e. The van der Waals surface area contributed by atoms with Crippen LogP contribution in [0.3, 0.4) is 0 Å². The van der Waals surface area contributed by atoms with Crippen molar-refractivity contribution in [3.8, 4) is 0 Å². The van der Waals surface area contributed by atoms with Gasteiger partial charge < -0.3 is 16.0 Å². The highest BCUT2D eigenvalue weighted by atomic mass is 35.5. The van der Waals surface area contributed by atoms with E-state index in [1.165, 1.54) is 6.92 Å². The van der Waals surface area contributed by atoms with Crippen LogP contribution in [-0.2, 0) is 4.79 Å². The molecular weight excluding hydrogens is 378 g/mol. The number of nitrogens with one attached hydrogen (secondary N) is 3. The highest BCUT2D eigenvalue weighted by Gasteiger charge is 2.10. The lowest BCUT2D eigenvalue weighted by Gasteiger charge is -2.09. The predicted molar refractivity (Wildman–Crippen MR) is 110 cm³/mol. The van der Waals surface area contributed by atoms with E-state index < -0.39 is 0 Å². The van der Waals surface area contributed by atoms with Gasteiger partial charge in [0.25, 0.3) is 5.91 Å². The van der Waals surface area contributed by atoms with Gasteiger partial charge in [-0.05, 0) is 61.0 Å². The zero-order valence-electron chi connectivity index (χ0n) is 15.3. The van der Waals surface area contributed by atoms with E-state index >= 15 is 0 Å². The Balaban J connectivity index is 1.65. The van der Waals surface area contributed by atoms with Crippen LogP contribution in [-0.4, -0.2) is 22.0 Å². The lowest BCUT2D eigenvalue weighted by molar-refractivity contribution is -0.114. The van der Waals surface area contributed by atoms with Gasteiger partial charge in [-0.3, -0.25) is 9.59 Å². The molecule has 0 fully saturated rings. The van der Waals surface area contributed by atoms with Crippen LogP contribution < -0.4 is 16.0 Å². The molecule has 0 aliphatic carbocycles. The van der Waals surface area contributed by atoms with Crippen molar-refractivity contribution in [2.24, 2.45) is 0 Å². The molecule has 3 rings (SSSR count). The molecule has 0 unspecified atom stereocenters. The Morgan fingerprint density at radius 1 is 0.893 bits per heavy atom. The summed E-state index contributed by atoms with van der Waals surface area (Å²) >= 11 is 6.01. The number of rotatable bonds is 5. The summed E-state index contributed by atoms with van der Waals surface area (Å²) < 4.78 is 0. The van der Waals surface area contributed by atoms with Crippen molar-refractivity contribution in [3.05, 3.63) is 70.9 Å². The maximum absolute atomic E-state index is 12.3. The number of hydrogen-bond donors (Lipinski definition) is 3. The Morgan fingerprint density at radius 2 is 1.57 bits per heavy atom. The number of carbonyl (C=O) groups is 2. The van der Waals surface area contributed by atoms with Crippen LogP contribution in [0.2, 0.25) is 5.02 Å². The molecule has 0 saturated carbocycles. The number of aryl methyl sites for hydroxylation is 1. The van der Waals surface area contributed by atoms with E-state index in [-0.39, 0.29) is 17.5 Å². The highest BCUT2D eigenvalue weighted by Crippen LogP contribution is 2.23. The first-order chi connectivity index (χ1) is 13.4. The first kappa shape index (κ1) is 19.3. The molecule has 2 aromatic carbocycles. The first-order valence-corrected chi connectivity index (χ1v) is 8.84. The van der Waals surface area contributed by atoms with Gasteiger partial charge in [-0.25, -0.2) is 0 Å². The largest absolute Gasteiger partial charge is 0.338 e. The number of halogens is 1. The van der Waals surface area contributed by atoms with Gasteiger partial charge in [0.05, 0.1) is 0 Å². The number of benzene rings is 2. The SMILES string of the molecule is CC(=O)Nc1ccc(NC(=O)c2ccc(Nc3cc(Cl)ccc3C)nn2)cc1. The van der Waals surface area contributed by atoms with E-state index in [0.29, 0.717) is 22.2 Å². The second-order valence-electron chi connectivity index (χ2n) is 6.10. The van der Waals surface area contributed by atoms with Crippen LogP contribution in [0.5, 0.6) is 0 Å². The fourth-order valence-electron chi connectivity index (χ4n) is 2.42. The van der Waals surface area contributed by atoms with Crippen LogP contribution in [0.1, 0.15) is 23.0 Å². The number of carbonyl (C=O) groups excluding carboxylic acids is 2. The van der Waals surface area contributed by atoms with Crippen LogP contribution in [0.4, 0.5) is 22.9 Å². The highest BCUT2D eigenvalue weighted by molar-refractivity contribution is 6.30. The molecule has 0 aliphatic heterocycles. The molecular formula is C20H18ClN5O2. The molecule has 3 aromatic rings. The Morgan fingerprint density at radius 3 is 2.18 bits per heavy atom. The molecule has 0 atom stereocenters. The minimum Gasteiger partial charge on any atom is -0.338 e. The zero-order valence-corrected chi connectivity index (χ0v) is 16.0. The average Bonchev–Trinajstić information content (AvgIpc) is 2.66. The van der Waals surface area contributed by atoms with Crippen LogP contribution in [0.15, 0.2) is 54.6 Å². The zero-order chi connectivity index (χ0) is 20.1. The Kier molecular flexibility index (Phi) is 5.86. The summed E-state index contributed by atoms with van der Waals surface area (Å²) in [6.07, 6.45) is 0. The van der Waals surface area contributed by atoms with Crippen molar-refractivity contribution in [2.45, 2.75) is 13.8 Å². The van der Waals surface area contributed by atoms with Gasteiger partial charge in [0.1, 0.15) is 0 Å². The van der Waals surface area contributed by atoms with Crippen LogP contribution in [0, 0.1) is 6.92 Å². The van der Waals surface area contributed by atoms with E-state index in [1.54, 1.807) is 42.5 Å². The number of anilines is 4. The van der Waals surface area contributed by atoms with Crippen LogP contribution in [0.25, 0.3) is 0 Å². The monoisotopic (exact) mass is 395 g/mol. The fraction of sp³-hybridized carbons (Fsp3) is 0.100. The molecule has 0 bridgehead atoms. The molecule has 0 radical (unpaired) electrons. The minimum atomic E-state index is -0.384. The predicted octanol–water partition coefficient (Wildman–Crippen LogP) is 4.39. The number of hydrogen-bond acceptors (Lipinski definition) is 5. The topological polar surface area (TPSA) is 96.0 Å². The molecule has 3 N–H and O–H groups in total. The summed E-state index contributed by atoms with van der Waals surface area (Å²) in [7, 11) is 0. The molecule has 0 aliphatic rings. The third-order valence-electron chi connectivity index (χ3n) is 3.82. The summed E-state index contributed by atoms with van der Waals surface area (Å²) in [5, 5.41) is 17.1. The second-order valence-corrected chi connectivity index (χ2v) is 6.54. The van der Waals surface area contributed by atoms with Gasteiger partial charge in [0, 0.05) is 29.0 Å².